The molecule has 1 aromatic heterocycles. The monoisotopic (exact) mass is 462 g/mol. The van der Waals surface area contributed by atoms with Gasteiger partial charge in [-0.05, 0) is 79.2 Å². The molecular formula is C25H23FN4O2S. The second-order valence-corrected chi connectivity index (χ2v) is 8.42. The van der Waals surface area contributed by atoms with Gasteiger partial charge in [0.1, 0.15) is 11.6 Å². The van der Waals surface area contributed by atoms with Crippen LogP contribution in [0.1, 0.15) is 22.8 Å². The zero-order valence-electron chi connectivity index (χ0n) is 18.5. The topological polar surface area (TPSA) is 58.0 Å². The highest BCUT2D eigenvalue weighted by molar-refractivity contribution is 7.22. The van der Waals surface area contributed by atoms with Crippen molar-refractivity contribution in [1.29, 1.82) is 0 Å². The molecule has 8 heteroatoms. The summed E-state index contributed by atoms with van der Waals surface area (Å²) in [5.74, 6) is 0.0755. The van der Waals surface area contributed by atoms with Gasteiger partial charge in [0.15, 0.2) is 0 Å². The van der Waals surface area contributed by atoms with E-state index in [1.165, 1.54) is 28.5 Å². The minimum absolute atomic E-state index is 0.331. The van der Waals surface area contributed by atoms with E-state index in [1.54, 1.807) is 24.4 Å². The molecule has 1 amide bonds. The van der Waals surface area contributed by atoms with E-state index >= 15 is 0 Å². The van der Waals surface area contributed by atoms with E-state index in [4.69, 9.17) is 4.74 Å². The number of amides is 1. The van der Waals surface area contributed by atoms with Crippen molar-refractivity contribution < 1.29 is 13.9 Å². The third-order valence-electron chi connectivity index (χ3n) is 4.86. The molecule has 168 valence electrons. The number of rotatable bonds is 7. The second kappa shape index (κ2) is 9.79. The van der Waals surface area contributed by atoms with Crippen molar-refractivity contribution in [3.05, 3.63) is 83.7 Å². The first kappa shape index (κ1) is 22.4. The summed E-state index contributed by atoms with van der Waals surface area (Å²) in [4.78, 5) is 19.9. The standard InChI is InChI=1S/C25H23FN4O2S/c1-4-32-21-12-5-17(6-13-21)16-27-30(24(31)18-7-10-20(11-8-18)29(2)3)25-28-22-14-9-19(26)15-23(22)33-25/h5-16H,4H2,1-3H3/b27-16+. The van der Waals surface area contributed by atoms with Crippen molar-refractivity contribution in [1.82, 2.24) is 4.98 Å². The summed E-state index contributed by atoms with van der Waals surface area (Å²) in [5, 5.41) is 6.07. The van der Waals surface area contributed by atoms with Gasteiger partial charge in [0, 0.05) is 25.3 Å². The quantitative estimate of drug-likeness (QED) is 0.266. The molecule has 33 heavy (non-hydrogen) atoms. The van der Waals surface area contributed by atoms with Crippen molar-refractivity contribution in [2.45, 2.75) is 6.92 Å². The summed E-state index contributed by atoms with van der Waals surface area (Å²) in [7, 11) is 3.87. The number of hydrogen-bond acceptors (Lipinski definition) is 6. The molecule has 0 fully saturated rings. The average Bonchev–Trinajstić information content (AvgIpc) is 3.23. The van der Waals surface area contributed by atoms with Gasteiger partial charge in [-0.3, -0.25) is 4.79 Å². The van der Waals surface area contributed by atoms with Gasteiger partial charge in [-0.2, -0.15) is 10.1 Å². The predicted octanol–water partition coefficient (Wildman–Crippen LogP) is 5.58. The number of halogens is 1. The Morgan fingerprint density at radius 1 is 1.09 bits per heavy atom. The maximum Gasteiger partial charge on any atom is 0.280 e. The number of carbonyl (C=O) groups excluding carboxylic acids is 1. The zero-order valence-corrected chi connectivity index (χ0v) is 19.3. The molecule has 1 heterocycles. The number of hydrogen-bond donors (Lipinski definition) is 0. The molecule has 0 bridgehead atoms. The largest absolute Gasteiger partial charge is 0.494 e. The van der Waals surface area contributed by atoms with Crippen molar-refractivity contribution >= 4 is 44.5 Å². The smallest absolute Gasteiger partial charge is 0.280 e. The number of hydrazone groups is 1. The molecule has 0 unspecified atom stereocenters. The van der Waals surface area contributed by atoms with E-state index in [-0.39, 0.29) is 11.7 Å². The average molecular weight is 463 g/mol. The molecule has 4 aromatic rings. The van der Waals surface area contributed by atoms with E-state index in [9.17, 15) is 9.18 Å². The first-order valence-corrected chi connectivity index (χ1v) is 11.2. The molecular weight excluding hydrogens is 439 g/mol. The summed E-state index contributed by atoms with van der Waals surface area (Å²) in [6.45, 7) is 2.51. The van der Waals surface area contributed by atoms with Crippen LogP contribution >= 0.6 is 11.3 Å². The van der Waals surface area contributed by atoms with Gasteiger partial charge in [-0.15, -0.1) is 0 Å². The van der Waals surface area contributed by atoms with Crippen molar-refractivity contribution in [3.8, 4) is 5.75 Å². The number of anilines is 2. The van der Waals surface area contributed by atoms with Crippen LogP contribution in [0.2, 0.25) is 0 Å². The SMILES string of the molecule is CCOc1ccc(/C=N/N(C(=O)c2ccc(N(C)C)cc2)c2nc3ccc(F)cc3s2)cc1. The Hall–Kier alpha value is -3.78. The molecule has 0 aliphatic rings. The first-order valence-electron chi connectivity index (χ1n) is 10.4. The van der Waals surface area contributed by atoms with Gasteiger partial charge in [0.2, 0.25) is 5.13 Å². The highest BCUT2D eigenvalue weighted by atomic mass is 32.1. The maximum atomic E-state index is 13.7. The van der Waals surface area contributed by atoms with Gasteiger partial charge < -0.3 is 9.64 Å². The van der Waals surface area contributed by atoms with Crippen LogP contribution in [0.3, 0.4) is 0 Å². The minimum Gasteiger partial charge on any atom is -0.494 e. The number of ether oxygens (including phenoxy) is 1. The molecule has 0 spiro atoms. The Bertz CT molecular complexity index is 1280. The number of nitrogens with zero attached hydrogens (tertiary/aromatic N) is 4. The Kier molecular flexibility index (Phi) is 6.65. The normalized spacial score (nSPS) is 11.2. The fourth-order valence-corrected chi connectivity index (χ4v) is 4.08. The lowest BCUT2D eigenvalue weighted by molar-refractivity contribution is 0.0988. The fraction of sp³-hybridized carbons (Fsp3) is 0.160. The highest BCUT2D eigenvalue weighted by Crippen LogP contribution is 2.31. The fourth-order valence-electron chi connectivity index (χ4n) is 3.13. The first-order chi connectivity index (χ1) is 15.9. The number of aromatic nitrogens is 1. The highest BCUT2D eigenvalue weighted by Gasteiger charge is 2.21. The van der Waals surface area contributed by atoms with Crippen LogP contribution in [-0.4, -0.2) is 37.8 Å². The van der Waals surface area contributed by atoms with E-state index in [0.29, 0.717) is 27.5 Å². The van der Waals surface area contributed by atoms with Gasteiger partial charge in [-0.25, -0.2) is 9.37 Å². The molecule has 0 N–H and O–H groups in total. The summed E-state index contributed by atoms with van der Waals surface area (Å²) >= 11 is 1.21. The van der Waals surface area contributed by atoms with Crippen molar-refractivity contribution in [3.63, 3.8) is 0 Å². The Morgan fingerprint density at radius 2 is 1.82 bits per heavy atom. The third-order valence-corrected chi connectivity index (χ3v) is 5.85. The number of fused-ring (bicyclic) bond motifs is 1. The van der Waals surface area contributed by atoms with E-state index < -0.39 is 0 Å². The second-order valence-electron chi connectivity index (χ2n) is 7.41. The number of thiazole rings is 1. The van der Waals surface area contributed by atoms with Crippen LogP contribution < -0.4 is 14.6 Å². The third kappa shape index (κ3) is 5.18. The van der Waals surface area contributed by atoms with Gasteiger partial charge in [0.05, 0.1) is 23.0 Å². The molecule has 0 saturated carbocycles. The van der Waals surface area contributed by atoms with Crippen LogP contribution in [0.4, 0.5) is 15.2 Å². The summed E-state index contributed by atoms with van der Waals surface area (Å²) in [6.07, 6.45) is 1.59. The van der Waals surface area contributed by atoms with Gasteiger partial charge in [-0.1, -0.05) is 11.3 Å². The molecule has 0 aliphatic heterocycles. The molecule has 0 atom stereocenters. The Labute approximate surface area is 195 Å². The van der Waals surface area contributed by atoms with Gasteiger partial charge >= 0.3 is 0 Å². The molecule has 0 radical (unpaired) electrons. The van der Waals surface area contributed by atoms with Crippen LogP contribution in [0, 0.1) is 5.82 Å². The summed E-state index contributed by atoms with van der Waals surface area (Å²) in [6, 6.07) is 19.0. The Balaban J connectivity index is 1.69. The van der Waals surface area contributed by atoms with Crippen LogP contribution in [0.5, 0.6) is 5.75 Å². The van der Waals surface area contributed by atoms with Crippen molar-refractivity contribution in [2.75, 3.05) is 30.6 Å². The molecule has 3 aromatic carbocycles. The predicted molar refractivity (Wildman–Crippen MR) is 132 cm³/mol. The van der Waals surface area contributed by atoms with E-state index in [0.717, 1.165) is 17.0 Å². The number of benzene rings is 3. The summed E-state index contributed by atoms with van der Waals surface area (Å²) < 4.78 is 19.8. The minimum atomic E-state index is -0.354. The van der Waals surface area contributed by atoms with Crippen LogP contribution in [0.15, 0.2) is 71.8 Å². The lowest BCUT2D eigenvalue weighted by Crippen LogP contribution is -2.25. The molecule has 4 rings (SSSR count). The maximum absolute atomic E-state index is 13.7. The Morgan fingerprint density at radius 3 is 2.48 bits per heavy atom. The van der Waals surface area contributed by atoms with E-state index in [1.807, 2.05) is 62.3 Å². The molecule has 6 nitrogen and oxygen atoms in total. The number of carbonyl (C=O) groups is 1. The van der Waals surface area contributed by atoms with E-state index in [2.05, 4.69) is 10.1 Å². The van der Waals surface area contributed by atoms with Crippen molar-refractivity contribution in [2.24, 2.45) is 5.10 Å². The molecule has 0 aliphatic carbocycles. The lowest BCUT2D eigenvalue weighted by Gasteiger charge is -2.16. The lowest BCUT2D eigenvalue weighted by atomic mass is 10.2. The molecule has 0 saturated heterocycles. The van der Waals surface area contributed by atoms with Crippen LogP contribution in [0.25, 0.3) is 10.2 Å². The zero-order chi connectivity index (χ0) is 23.4. The van der Waals surface area contributed by atoms with Crippen LogP contribution in [-0.2, 0) is 0 Å². The van der Waals surface area contributed by atoms with Gasteiger partial charge in [0.25, 0.3) is 5.91 Å². The summed E-state index contributed by atoms with van der Waals surface area (Å²) in [5.41, 5.74) is 2.85.